The highest BCUT2D eigenvalue weighted by Crippen LogP contribution is 2.45. The number of carbonyl (C=O) groups is 3. The van der Waals surface area contributed by atoms with E-state index < -0.39 is 11.6 Å². The van der Waals surface area contributed by atoms with E-state index in [0.29, 0.717) is 31.8 Å². The largest absolute Gasteiger partial charge is 0.338 e. The Kier molecular flexibility index (Phi) is 5.52. The number of hydrogen-bond donors (Lipinski definition) is 2. The lowest BCUT2D eigenvalue weighted by Crippen LogP contribution is -2.54. The van der Waals surface area contributed by atoms with Crippen LogP contribution in [0.1, 0.15) is 59.8 Å². The zero-order valence-electron chi connectivity index (χ0n) is 17.1. The molecule has 0 aromatic heterocycles. The molecule has 0 aromatic rings. The first-order chi connectivity index (χ1) is 12.7. The topological polar surface area (TPSA) is 81.8 Å². The minimum atomic E-state index is -0.797. The molecular formula is C20H34N4O3. The summed E-state index contributed by atoms with van der Waals surface area (Å²) in [6.07, 6.45) is 4.31. The van der Waals surface area contributed by atoms with Crippen molar-refractivity contribution in [2.75, 3.05) is 26.2 Å². The Labute approximate surface area is 162 Å². The quantitative estimate of drug-likeness (QED) is 0.730. The highest BCUT2D eigenvalue weighted by Gasteiger charge is 2.53. The summed E-state index contributed by atoms with van der Waals surface area (Å²) < 4.78 is 0. The maximum absolute atomic E-state index is 13.1. The maximum Gasteiger partial charge on any atom is 0.325 e. The van der Waals surface area contributed by atoms with E-state index in [2.05, 4.69) is 31.4 Å². The van der Waals surface area contributed by atoms with Crippen molar-refractivity contribution in [2.45, 2.75) is 71.4 Å². The molecule has 2 heterocycles. The number of piperazine rings is 1. The number of nitrogens with one attached hydrogen (secondary N) is 2. The van der Waals surface area contributed by atoms with Crippen LogP contribution >= 0.6 is 0 Å². The van der Waals surface area contributed by atoms with E-state index in [9.17, 15) is 14.4 Å². The van der Waals surface area contributed by atoms with Crippen molar-refractivity contribution in [2.24, 2.45) is 11.3 Å². The van der Waals surface area contributed by atoms with Gasteiger partial charge in [-0.2, -0.15) is 0 Å². The molecule has 0 aromatic carbocycles. The maximum atomic E-state index is 13.1. The Morgan fingerprint density at radius 2 is 1.93 bits per heavy atom. The number of carbonyl (C=O) groups excluding carboxylic acids is 3. The van der Waals surface area contributed by atoms with Gasteiger partial charge in [-0.3, -0.25) is 14.5 Å². The highest BCUT2D eigenvalue weighted by molar-refractivity contribution is 6.09. The molecule has 1 atom stereocenters. The van der Waals surface area contributed by atoms with Gasteiger partial charge >= 0.3 is 6.03 Å². The van der Waals surface area contributed by atoms with Gasteiger partial charge in [-0.1, -0.05) is 27.2 Å². The van der Waals surface area contributed by atoms with Gasteiger partial charge in [0, 0.05) is 25.7 Å². The summed E-state index contributed by atoms with van der Waals surface area (Å²) >= 11 is 0. The first kappa shape index (κ1) is 20.1. The van der Waals surface area contributed by atoms with E-state index >= 15 is 0 Å². The second kappa shape index (κ2) is 7.41. The lowest BCUT2D eigenvalue weighted by molar-refractivity contribution is -0.140. The normalized spacial score (nSPS) is 32.1. The molecular weight excluding hydrogens is 344 g/mol. The van der Waals surface area contributed by atoms with Crippen molar-refractivity contribution in [3.63, 3.8) is 0 Å². The summed E-state index contributed by atoms with van der Waals surface area (Å²) in [5.74, 6) is 0.206. The fourth-order valence-electron chi connectivity index (χ4n) is 4.73. The van der Waals surface area contributed by atoms with Gasteiger partial charge in [-0.25, -0.2) is 4.79 Å². The number of nitrogens with zero attached hydrogens (tertiary/aromatic N) is 2. The molecule has 1 spiro atoms. The van der Waals surface area contributed by atoms with Crippen molar-refractivity contribution in [3.8, 4) is 0 Å². The lowest BCUT2D eigenvalue weighted by atomic mass is 9.65. The SMILES string of the molecule is CCC(C)(C)C1CCC2(CC1)NC(=O)N(CC(=O)N1CCNC(C)C1)C2=O. The fourth-order valence-corrected chi connectivity index (χ4v) is 4.73. The minimum absolute atomic E-state index is 0.148. The van der Waals surface area contributed by atoms with Crippen LogP contribution in [-0.2, 0) is 9.59 Å². The summed E-state index contributed by atoms with van der Waals surface area (Å²) in [4.78, 5) is 41.0. The van der Waals surface area contributed by atoms with Gasteiger partial charge in [-0.05, 0) is 43.9 Å². The summed E-state index contributed by atoms with van der Waals surface area (Å²) in [6.45, 7) is 10.6. The molecule has 2 N–H and O–H groups in total. The summed E-state index contributed by atoms with van der Waals surface area (Å²) in [5.41, 5.74) is -0.545. The number of urea groups is 1. The summed E-state index contributed by atoms with van der Waals surface area (Å²) in [7, 11) is 0. The molecule has 7 heteroatoms. The standard InChI is InChI=1S/C20H34N4O3/c1-5-19(3,4)15-6-8-20(9-7-15)17(26)24(18(27)22-20)13-16(25)23-11-10-21-14(2)12-23/h14-15,21H,5-13H2,1-4H3,(H,22,27). The molecule has 0 radical (unpaired) electrons. The van der Waals surface area contributed by atoms with Crippen LogP contribution in [-0.4, -0.2) is 65.4 Å². The molecule has 2 aliphatic heterocycles. The third kappa shape index (κ3) is 3.84. The predicted molar refractivity (Wildman–Crippen MR) is 103 cm³/mol. The van der Waals surface area contributed by atoms with Crippen molar-refractivity contribution in [1.82, 2.24) is 20.4 Å². The molecule has 152 valence electrons. The minimum Gasteiger partial charge on any atom is -0.338 e. The molecule has 3 aliphatic rings. The zero-order valence-corrected chi connectivity index (χ0v) is 17.1. The molecule has 0 bridgehead atoms. The van der Waals surface area contributed by atoms with Crippen LogP contribution in [0.4, 0.5) is 4.79 Å². The van der Waals surface area contributed by atoms with Gasteiger partial charge in [0.15, 0.2) is 0 Å². The van der Waals surface area contributed by atoms with Crippen LogP contribution in [0.25, 0.3) is 0 Å². The van der Waals surface area contributed by atoms with Gasteiger partial charge in [0.05, 0.1) is 0 Å². The smallest absolute Gasteiger partial charge is 0.325 e. The Morgan fingerprint density at radius 1 is 1.26 bits per heavy atom. The average Bonchev–Trinajstić information content (AvgIpc) is 2.86. The molecule has 27 heavy (non-hydrogen) atoms. The van der Waals surface area contributed by atoms with Crippen LogP contribution in [0.2, 0.25) is 0 Å². The molecule has 3 fully saturated rings. The van der Waals surface area contributed by atoms with Gasteiger partial charge in [0.2, 0.25) is 5.91 Å². The highest BCUT2D eigenvalue weighted by atomic mass is 16.2. The van der Waals surface area contributed by atoms with Crippen molar-refractivity contribution in [3.05, 3.63) is 0 Å². The first-order valence-corrected chi connectivity index (χ1v) is 10.3. The first-order valence-electron chi connectivity index (χ1n) is 10.3. The van der Waals surface area contributed by atoms with Gasteiger partial charge in [0.1, 0.15) is 12.1 Å². The molecule has 4 amide bonds. The molecule has 2 saturated heterocycles. The molecule has 7 nitrogen and oxygen atoms in total. The average molecular weight is 379 g/mol. The second-order valence-corrected chi connectivity index (χ2v) is 9.21. The summed E-state index contributed by atoms with van der Waals surface area (Å²) in [6, 6.07) is -0.181. The van der Waals surface area contributed by atoms with E-state index in [0.717, 1.165) is 30.7 Å². The zero-order chi connectivity index (χ0) is 19.8. The van der Waals surface area contributed by atoms with Gasteiger partial charge in [-0.15, -0.1) is 0 Å². The Morgan fingerprint density at radius 3 is 2.52 bits per heavy atom. The van der Waals surface area contributed by atoms with Crippen molar-refractivity contribution >= 4 is 17.8 Å². The van der Waals surface area contributed by atoms with Crippen LogP contribution in [0.15, 0.2) is 0 Å². The number of rotatable bonds is 4. The van der Waals surface area contributed by atoms with E-state index in [1.54, 1.807) is 4.90 Å². The fraction of sp³-hybridized carbons (Fsp3) is 0.850. The van der Waals surface area contributed by atoms with Crippen LogP contribution in [0.5, 0.6) is 0 Å². The van der Waals surface area contributed by atoms with Crippen molar-refractivity contribution in [1.29, 1.82) is 0 Å². The Balaban J connectivity index is 1.63. The molecule has 1 unspecified atom stereocenters. The monoisotopic (exact) mass is 378 g/mol. The molecule has 1 saturated carbocycles. The van der Waals surface area contributed by atoms with Gasteiger partial charge in [0.25, 0.3) is 5.91 Å². The van der Waals surface area contributed by atoms with Crippen LogP contribution in [0.3, 0.4) is 0 Å². The molecule has 3 rings (SSSR count). The van der Waals surface area contributed by atoms with Crippen molar-refractivity contribution < 1.29 is 14.4 Å². The number of amides is 4. The van der Waals surface area contributed by atoms with E-state index in [4.69, 9.17) is 0 Å². The van der Waals surface area contributed by atoms with Crippen LogP contribution < -0.4 is 10.6 Å². The predicted octanol–water partition coefficient (Wildman–Crippen LogP) is 1.72. The third-order valence-corrected chi connectivity index (χ3v) is 7.12. The lowest BCUT2D eigenvalue weighted by Gasteiger charge is -2.42. The Hall–Kier alpha value is -1.63. The van der Waals surface area contributed by atoms with E-state index in [1.807, 2.05) is 6.92 Å². The number of imide groups is 1. The second-order valence-electron chi connectivity index (χ2n) is 9.21. The Bertz CT molecular complexity index is 610. The number of hydrogen-bond acceptors (Lipinski definition) is 4. The van der Waals surface area contributed by atoms with E-state index in [-0.39, 0.29) is 29.8 Å². The van der Waals surface area contributed by atoms with Gasteiger partial charge < -0.3 is 15.5 Å². The molecule has 1 aliphatic carbocycles. The van der Waals surface area contributed by atoms with E-state index in [1.165, 1.54) is 0 Å². The van der Waals surface area contributed by atoms with Crippen LogP contribution in [0, 0.1) is 11.3 Å². The summed E-state index contributed by atoms with van der Waals surface area (Å²) in [5, 5.41) is 6.22. The third-order valence-electron chi connectivity index (χ3n) is 7.12.